The summed E-state index contributed by atoms with van der Waals surface area (Å²) in [5.74, 6) is 1.13. The average Bonchev–Trinajstić information content (AvgIpc) is 3.15. The Morgan fingerprint density at radius 1 is 1.00 bits per heavy atom. The maximum Gasteiger partial charge on any atom is 0.361 e. The summed E-state index contributed by atoms with van der Waals surface area (Å²) in [6, 6.07) is 7.92. The Balaban J connectivity index is 0. The molecule has 0 aliphatic heterocycles. The minimum Gasteiger partial charge on any atom is -0.385 e. The molecule has 0 aromatic heterocycles. The first kappa shape index (κ1) is 44.4. The van der Waals surface area contributed by atoms with Crippen LogP contribution in [0.2, 0.25) is 0 Å². The van der Waals surface area contributed by atoms with Crippen molar-refractivity contribution in [1.82, 2.24) is 0 Å². The zero-order valence-electron chi connectivity index (χ0n) is 24.2. The Hall–Kier alpha value is -0.730. The van der Waals surface area contributed by atoms with Crippen LogP contribution >= 0.6 is 48.1 Å². The molecular weight excluding hydrogens is 616 g/mol. The van der Waals surface area contributed by atoms with Gasteiger partial charge >= 0.3 is 7.60 Å². The topological polar surface area (TPSA) is 72.8 Å². The number of allylic oxidation sites excluding steroid dienone is 4. The number of hydrogen-bond donors (Lipinski definition) is 1. The first-order valence-electron chi connectivity index (χ1n) is 13.9. The van der Waals surface area contributed by atoms with E-state index in [9.17, 15) is 14.5 Å². The van der Waals surface area contributed by atoms with Crippen LogP contribution in [-0.4, -0.2) is 29.7 Å². The predicted octanol–water partition coefficient (Wildman–Crippen LogP) is 9.03. The van der Waals surface area contributed by atoms with Gasteiger partial charge in [-0.2, -0.15) is 40.5 Å². The van der Waals surface area contributed by atoms with E-state index in [2.05, 4.69) is 25.6 Å². The van der Waals surface area contributed by atoms with Crippen molar-refractivity contribution < 1.29 is 23.5 Å². The summed E-state index contributed by atoms with van der Waals surface area (Å²) in [5.41, 5.74) is 4.93. The van der Waals surface area contributed by atoms with E-state index < -0.39 is 13.2 Å². The molecule has 0 bridgehead atoms. The molecule has 0 amide bonds. The van der Waals surface area contributed by atoms with Crippen molar-refractivity contribution in [3.8, 4) is 0 Å². The molecule has 43 heavy (non-hydrogen) atoms. The van der Waals surface area contributed by atoms with Crippen LogP contribution < -0.4 is 5.30 Å². The minimum absolute atomic E-state index is 0. The molecule has 0 saturated heterocycles. The van der Waals surface area contributed by atoms with Crippen molar-refractivity contribution in [2.75, 3.05) is 13.2 Å². The summed E-state index contributed by atoms with van der Waals surface area (Å²) in [5, 5.41) is 12.5. The van der Waals surface area contributed by atoms with Crippen molar-refractivity contribution in [2.45, 2.75) is 106 Å². The third-order valence-corrected chi connectivity index (χ3v) is 11.9. The first-order chi connectivity index (χ1) is 17.6. The predicted molar refractivity (Wildman–Crippen MR) is 198 cm³/mol. The number of ketones is 1. The fraction of sp³-hybridized carbons (Fsp3) is 0.618. The number of fused-ring (bicyclic) bond motifs is 4. The second kappa shape index (κ2) is 16.7. The van der Waals surface area contributed by atoms with E-state index in [1.165, 1.54) is 16.7 Å². The van der Waals surface area contributed by atoms with Crippen molar-refractivity contribution in [1.29, 1.82) is 0 Å². The molecule has 5 atom stereocenters. The maximum absolute atomic E-state index is 13.4. The van der Waals surface area contributed by atoms with Crippen LogP contribution in [0.4, 0.5) is 0 Å². The third kappa shape index (κ3) is 7.32. The van der Waals surface area contributed by atoms with Gasteiger partial charge in [-0.3, -0.25) is 9.36 Å². The quantitative estimate of drug-likeness (QED) is 0.231. The van der Waals surface area contributed by atoms with Crippen LogP contribution in [0.5, 0.6) is 0 Å². The molecule has 2 saturated carbocycles. The van der Waals surface area contributed by atoms with E-state index in [1.807, 2.05) is 39.0 Å². The van der Waals surface area contributed by atoms with E-state index in [-0.39, 0.29) is 79.9 Å². The molecule has 9 heteroatoms. The van der Waals surface area contributed by atoms with Crippen LogP contribution in [0.15, 0.2) is 59.2 Å². The Kier molecular flexibility index (Phi) is 17.3. The van der Waals surface area contributed by atoms with Gasteiger partial charge in [-0.15, -0.1) is 0 Å². The summed E-state index contributed by atoms with van der Waals surface area (Å²) < 4.78 is 24.5. The molecule has 248 valence electrons. The molecule has 0 unspecified atom stereocenters. The van der Waals surface area contributed by atoms with E-state index in [0.717, 1.165) is 49.7 Å². The molecule has 0 heterocycles. The summed E-state index contributed by atoms with van der Waals surface area (Å²) in [6.07, 6.45) is 7.79. The van der Waals surface area contributed by atoms with E-state index in [1.54, 1.807) is 0 Å². The van der Waals surface area contributed by atoms with Crippen LogP contribution in [0.1, 0.15) is 106 Å². The molecule has 1 aromatic rings. The van der Waals surface area contributed by atoms with Gasteiger partial charge in [-0.1, -0.05) is 53.5 Å². The number of benzene rings is 1. The monoisotopic (exact) mass is 674 g/mol. The second-order valence-corrected chi connectivity index (χ2v) is 13.6. The molecule has 5 nitrogen and oxygen atoms in total. The largest absolute Gasteiger partial charge is 0.385 e. The summed E-state index contributed by atoms with van der Waals surface area (Å²) in [6.45, 7) is 12.7. The highest BCUT2D eigenvalue weighted by molar-refractivity contribution is 7.62. The lowest BCUT2D eigenvalue weighted by atomic mass is 9.50. The molecule has 0 spiro atoms. The molecular formula is C34H59O5PS3. The van der Waals surface area contributed by atoms with Gasteiger partial charge in [0, 0.05) is 17.8 Å². The van der Waals surface area contributed by atoms with Crippen LogP contribution in [0.3, 0.4) is 0 Å². The van der Waals surface area contributed by atoms with Gasteiger partial charge in [0.2, 0.25) is 0 Å². The molecule has 1 aromatic carbocycles. The molecule has 5 rings (SSSR count). The van der Waals surface area contributed by atoms with Crippen LogP contribution in [0.25, 0.3) is 0 Å². The minimum atomic E-state index is -3.37. The van der Waals surface area contributed by atoms with Gasteiger partial charge in [0.05, 0.1) is 24.1 Å². The lowest BCUT2D eigenvalue weighted by Gasteiger charge is -2.55. The van der Waals surface area contributed by atoms with Crippen molar-refractivity contribution >= 4 is 59.2 Å². The smallest absolute Gasteiger partial charge is 0.361 e. The number of carbonyl (C=O) groups is 1. The highest BCUT2D eigenvalue weighted by Gasteiger charge is 2.63. The molecule has 4 aliphatic carbocycles. The Morgan fingerprint density at radius 3 is 2.12 bits per heavy atom. The summed E-state index contributed by atoms with van der Waals surface area (Å²) in [4.78, 5) is 12.3. The molecule has 0 radical (unpaired) electrons. The zero-order valence-corrected chi connectivity index (χ0v) is 28.1. The van der Waals surface area contributed by atoms with E-state index in [0.29, 0.717) is 36.8 Å². The lowest BCUT2D eigenvalue weighted by molar-refractivity contribution is -0.114. The number of hydrogen-bond acceptors (Lipinski definition) is 5. The highest BCUT2D eigenvalue weighted by Crippen LogP contribution is 2.67. The molecule has 1 N–H and O–H groups in total. The van der Waals surface area contributed by atoms with Gasteiger partial charge in [-0.25, -0.2) is 0 Å². The van der Waals surface area contributed by atoms with Crippen LogP contribution in [-0.2, 0) is 18.4 Å². The fourth-order valence-corrected chi connectivity index (χ4v) is 9.65. The molecule has 4 aliphatic rings. The highest BCUT2D eigenvalue weighted by atomic mass is 32.1. The second-order valence-electron chi connectivity index (χ2n) is 11.6. The summed E-state index contributed by atoms with van der Waals surface area (Å²) in [7, 11) is -3.37. The Morgan fingerprint density at radius 2 is 1.58 bits per heavy atom. The molecule has 2 fully saturated rings. The van der Waals surface area contributed by atoms with E-state index >= 15 is 0 Å². The van der Waals surface area contributed by atoms with Crippen molar-refractivity contribution in [3.05, 3.63) is 64.8 Å². The SMILES string of the molecule is C.C.C.C=C(C)[C@]1(O)CC[C@H]2[C@@H]3CCC4=CC(=O)CCC4=C3[C@@H](c3ccc(P(=O)(OCC)OCC)cc3)C[C@@]21C.S.S.S. The van der Waals surface area contributed by atoms with Gasteiger partial charge < -0.3 is 14.2 Å². The average molecular weight is 675 g/mol. The van der Waals surface area contributed by atoms with Gasteiger partial charge in [-0.05, 0) is 112 Å². The third-order valence-electron chi connectivity index (χ3n) is 9.80. The normalized spacial score (nSPS) is 28.8. The first-order valence-corrected chi connectivity index (χ1v) is 15.5. The van der Waals surface area contributed by atoms with E-state index in [4.69, 9.17) is 9.05 Å². The summed E-state index contributed by atoms with van der Waals surface area (Å²) >= 11 is 0. The zero-order chi connectivity index (χ0) is 26.6. The number of rotatable bonds is 7. The number of carbonyl (C=O) groups excluding carboxylic acids is 1. The van der Waals surface area contributed by atoms with Gasteiger partial charge in [0.1, 0.15) is 0 Å². The maximum atomic E-state index is 13.4. The number of aliphatic hydroxyl groups is 1. The van der Waals surface area contributed by atoms with Crippen LogP contribution in [0, 0.1) is 17.3 Å². The van der Waals surface area contributed by atoms with Gasteiger partial charge in [0.15, 0.2) is 5.78 Å². The lowest BCUT2D eigenvalue weighted by Crippen LogP contribution is -2.52. The Labute approximate surface area is 283 Å². The fourth-order valence-electron chi connectivity index (χ4n) is 8.08. The standard InChI is InChI=1S/C31H41O5P.3CH4.3H2S/c1-6-35-37(34,36-7-2)24-12-8-21(9-13-24)27-19-30(5)28(16-17-31(30,33)20(3)4)26-14-10-22-18-23(32)11-15-25(22)29(26)27;;;;;;/h8-9,12-13,18,26-28,33H,3,6-7,10-11,14-17,19H2,1-2,4-5H3;3*1H4;3*1H2/t26-,27+,28-,30-,31+;;;;;;/m0....../s1. The Bertz CT molecular complexity index is 1220. The van der Waals surface area contributed by atoms with Crippen molar-refractivity contribution in [2.24, 2.45) is 17.3 Å². The van der Waals surface area contributed by atoms with Crippen molar-refractivity contribution in [3.63, 3.8) is 0 Å². The van der Waals surface area contributed by atoms with Gasteiger partial charge in [0.25, 0.3) is 0 Å².